The molecule has 3 saturated heterocycles. The van der Waals surface area contributed by atoms with Gasteiger partial charge >= 0.3 is 6.18 Å². The lowest BCUT2D eigenvalue weighted by molar-refractivity contribution is -0.148. The van der Waals surface area contributed by atoms with Crippen LogP contribution in [-0.2, 0) is 4.79 Å². The predicted molar refractivity (Wildman–Crippen MR) is 170 cm³/mol. The predicted octanol–water partition coefficient (Wildman–Crippen LogP) is 7.20. The molecule has 3 aliphatic heterocycles. The van der Waals surface area contributed by atoms with E-state index in [-0.39, 0.29) is 54.5 Å². The van der Waals surface area contributed by atoms with Crippen molar-refractivity contribution in [2.75, 3.05) is 44.6 Å². The van der Waals surface area contributed by atoms with Crippen LogP contribution in [0.1, 0.15) is 48.0 Å². The number of hydrogen-bond acceptors (Lipinski definition) is 5. The molecule has 248 valence electrons. The van der Waals surface area contributed by atoms with Gasteiger partial charge in [-0.15, -0.1) is 0 Å². The number of aryl methyl sites for hydroxylation is 1. The van der Waals surface area contributed by atoms with Gasteiger partial charge in [-0.1, -0.05) is 35.3 Å². The Morgan fingerprint density at radius 2 is 1.64 bits per heavy atom. The second-order valence-electron chi connectivity index (χ2n) is 11.8. The number of amides is 2. The molecular weight excluding hydrogens is 658 g/mol. The molecule has 5 rings (SSSR count). The average molecular weight is 696 g/mol. The van der Waals surface area contributed by atoms with E-state index in [1.807, 2.05) is 31.2 Å². The molecule has 3 fully saturated rings. The van der Waals surface area contributed by atoms with Gasteiger partial charge in [0.15, 0.2) is 0 Å². The summed E-state index contributed by atoms with van der Waals surface area (Å²) in [5.41, 5.74) is 2.24. The SMILES string of the molecule is Cc1cccc(Cl)c1.O=C(c1ccc(NC2CN(C3CCN(C(=O)C(S)CC(F)(F)F)CC3)C2)cc1Cl)N1CCC(F)(F)CC1. The molecule has 0 radical (unpaired) electrons. The Bertz CT molecular complexity index is 1310. The minimum atomic E-state index is -4.42. The van der Waals surface area contributed by atoms with Gasteiger partial charge in [-0.2, -0.15) is 25.8 Å². The van der Waals surface area contributed by atoms with Crippen molar-refractivity contribution in [3.05, 3.63) is 63.6 Å². The number of nitrogens with one attached hydrogen (secondary N) is 1. The van der Waals surface area contributed by atoms with Crippen LogP contribution in [0, 0.1) is 6.92 Å². The third-order valence-electron chi connectivity index (χ3n) is 8.24. The Balaban J connectivity index is 0.000000501. The molecule has 1 unspecified atom stereocenters. The number of carbonyl (C=O) groups is 2. The third-order valence-corrected chi connectivity index (χ3v) is 9.20. The minimum Gasteiger partial charge on any atom is -0.380 e. The van der Waals surface area contributed by atoms with E-state index in [1.165, 1.54) is 15.4 Å². The van der Waals surface area contributed by atoms with Crippen LogP contribution in [0.25, 0.3) is 0 Å². The van der Waals surface area contributed by atoms with Gasteiger partial charge in [-0.05, 0) is 55.7 Å². The highest BCUT2D eigenvalue weighted by Crippen LogP contribution is 2.31. The van der Waals surface area contributed by atoms with Crippen LogP contribution >= 0.6 is 35.8 Å². The smallest absolute Gasteiger partial charge is 0.380 e. The van der Waals surface area contributed by atoms with E-state index in [0.717, 1.165) is 23.8 Å². The zero-order valence-corrected chi connectivity index (χ0v) is 27.2. The number of alkyl halides is 5. The number of carbonyl (C=O) groups excluding carboxylic acids is 2. The number of piperidine rings is 2. The normalized spacial score (nSPS) is 20.1. The van der Waals surface area contributed by atoms with Gasteiger partial charge in [0.1, 0.15) is 0 Å². The summed E-state index contributed by atoms with van der Waals surface area (Å²) in [6, 6.07) is 13.2. The molecule has 0 saturated carbocycles. The molecule has 3 aliphatic rings. The fourth-order valence-electron chi connectivity index (χ4n) is 5.70. The van der Waals surface area contributed by atoms with Gasteiger partial charge in [0.2, 0.25) is 5.91 Å². The Morgan fingerprint density at radius 3 is 2.18 bits per heavy atom. The summed E-state index contributed by atoms with van der Waals surface area (Å²) >= 11 is 15.8. The molecule has 6 nitrogen and oxygen atoms in total. The van der Waals surface area contributed by atoms with Crippen LogP contribution in [-0.4, -0.2) is 95.2 Å². The zero-order chi connectivity index (χ0) is 32.9. The van der Waals surface area contributed by atoms with Crippen LogP contribution in [0.15, 0.2) is 42.5 Å². The second kappa shape index (κ2) is 15.1. The van der Waals surface area contributed by atoms with Gasteiger partial charge in [0.25, 0.3) is 11.8 Å². The molecule has 0 aromatic heterocycles. The van der Waals surface area contributed by atoms with Crippen LogP contribution in [0.4, 0.5) is 27.6 Å². The number of benzene rings is 2. The van der Waals surface area contributed by atoms with Crippen molar-refractivity contribution in [2.45, 2.75) is 68.5 Å². The van der Waals surface area contributed by atoms with Gasteiger partial charge in [0.05, 0.1) is 28.3 Å². The van der Waals surface area contributed by atoms with Gasteiger partial charge in [-0.3, -0.25) is 14.5 Å². The standard InChI is InChI=1S/C24H30ClF5N4O2S.C7H7Cl/c25-19-11-15(1-2-18(19)21(35)33-9-5-23(26,27)6-10-33)31-16-13-34(14-16)17-3-7-32(8-4-17)22(36)20(37)12-24(28,29)30;1-6-3-2-4-7(8)5-6/h1-2,11,16-17,20,31,37H,3-10,12-14H2;2-5H,1H3. The quantitative estimate of drug-likeness (QED) is 0.248. The van der Waals surface area contributed by atoms with Crippen LogP contribution in [0.3, 0.4) is 0 Å². The van der Waals surface area contributed by atoms with Crippen LogP contribution < -0.4 is 5.32 Å². The first-order valence-corrected chi connectivity index (χ1v) is 16.1. The van der Waals surface area contributed by atoms with Crippen LogP contribution in [0.5, 0.6) is 0 Å². The molecule has 1 atom stereocenters. The molecule has 14 heteroatoms. The fraction of sp³-hybridized carbons (Fsp3) is 0.548. The number of hydrogen-bond donors (Lipinski definition) is 2. The number of nitrogens with zero attached hydrogens (tertiary/aromatic N) is 3. The molecule has 45 heavy (non-hydrogen) atoms. The number of halogens is 7. The van der Waals surface area contributed by atoms with Crippen molar-refractivity contribution in [3.63, 3.8) is 0 Å². The monoisotopic (exact) mass is 694 g/mol. The summed E-state index contributed by atoms with van der Waals surface area (Å²) in [7, 11) is 0. The maximum Gasteiger partial charge on any atom is 0.390 e. The van der Waals surface area contributed by atoms with Gasteiger partial charge in [-0.25, -0.2) is 8.78 Å². The number of anilines is 1. The van der Waals surface area contributed by atoms with Gasteiger partial charge in [0, 0.05) is 68.9 Å². The second-order valence-corrected chi connectivity index (χ2v) is 13.3. The van der Waals surface area contributed by atoms with Crippen molar-refractivity contribution < 1.29 is 31.5 Å². The van der Waals surface area contributed by atoms with Crippen molar-refractivity contribution in [3.8, 4) is 0 Å². The topological polar surface area (TPSA) is 55.9 Å². The van der Waals surface area contributed by atoms with Crippen molar-refractivity contribution in [2.24, 2.45) is 0 Å². The summed E-state index contributed by atoms with van der Waals surface area (Å²) in [5.74, 6) is -3.65. The Labute approximate surface area is 275 Å². The lowest BCUT2D eigenvalue weighted by Crippen LogP contribution is -2.60. The van der Waals surface area contributed by atoms with Crippen LogP contribution in [0.2, 0.25) is 10.0 Å². The summed E-state index contributed by atoms with van der Waals surface area (Å²) < 4.78 is 64.4. The van der Waals surface area contributed by atoms with E-state index in [4.69, 9.17) is 23.2 Å². The fourth-order valence-corrected chi connectivity index (χ4v) is 6.57. The van der Waals surface area contributed by atoms with E-state index >= 15 is 0 Å². The van der Waals surface area contributed by atoms with Crippen molar-refractivity contribution >= 4 is 53.3 Å². The van der Waals surface area contributed by atoms with Crippen molar-refractivity contribution in [1.82, 2.24) is 14.7 Å². The highest BCUT2D eigenvalue weighted by Gasteiger charge is 2.39. The lowest BCUT2D eigenvalue weighted by Gasteiger charge is -2.47. The summed E-state index contributed by atoms with van der Waals surface area (Å²) in [6.07, 6.45) is -4.97. The molecule has 2 aromatic rings. The first-order chi connectivity index (χ1) is 21.1. The highest BCUT2D eigenvalue weighted by molar-refractivity contribution is 7.81. The zero-order valence-electron chi connectivity index (χ0n) is 24.8. The maximum absolute atomic E-state index is 13.4. The molecule has 3 heterocycles. The van der Waals surface area contributed by atoms with E-state index < -0.39 is 29.7 Å². The Hall–Kier alpha value is -2.28. The first kappa shape index (κ1) is 35.6. The van der Waals surface area contributed by atoms with E-state index in [1.54, 1.807) is 18.2 Å². The molecule has 0 spiro atoms. The van der Waals surface area contributed by atoms with E-state index in [0.29, 0.717) is 25.9 Å². The molecule has 0 bridgehead atoms. The summed E-state index contributed by atoms with van der Waals surface area (Å²) in [5, 5.41) is 3.08. The molecule has 0 aliphatic carbocycles. The lowest BCUT2D eigenvalue weighted by atomic mass is 9.97. The summed E-state index contributed by atoms with van der Waals surface area (Å²) in [6.45, 7) is 4.36. The Kier molecular flexibility index (Phi) is 11.9. The minimum absolute atomic E-state index is 0.00403. The number of likely N-dealkylation sites (tertiary alicyclic amines) is 3. The number of rotatable bonds is 6. The summed E-state index contributed by atoms with van der Waals surface area (Å²) in [4.78, 5) is 30.1. The first-order valence-electron chi connectivity index (χ1n) is 14.8. The van der Waals surface area contributed by atoms with Crippen molar-refractivity contribution in [1.29, 1.82) is 0 Å². The highest BCUT2D eigenvalue weighted by atomic mass is 35.5. The molecule has 2 amide bonds. The maximum atomic E-state index is 13.4. The van der Waals surface area contributed by atoms with E-state index in [2.05, 4.69) is 22.8 Å². The Morgan fingerprint density at radius 1 is 1.00 bits per heavy atom. The van der Waals surface area contributed by atoms with E-state index in [9.17, 15) is 31.5 Å². The number of thiol groups is 1. The molecule has 2 aromatic carbocycles. The van der Waals surface area contributed by atoms with Gasteiger partial charge < -0.3 is 15.1 Å². The largest absolute Gasteiger partial charge is 0.390 e. The average Bonchev–Trinajstić information content (AvgIpc) is 2.93. The molecular formula is C31H37Cl2F5N4O2S. The third kappa shape index (κ3) is 10.4. The molecule has 1 N–H and O–H groups in total.